The number of hydrogen-bond acceptors (Lipinski definition) is 3. The fourth-order valence-electron chi connectivity index (χ4n) is 1.61. The summed E-state index contributed by atoms with van der Waals surface area (Å²) in [6, 6.07) is 0.500. The number of rotatable bonds is 4. The molecule has 1 N–H and O–H groups in total. The zero-order valence-corrected chi connectivity index (χ0v) is 7.68. The molecule has 1 unspecified atom stereocenters. The number of nitrogens with zero attached hydrogens (tertiary/aromatic N) is 1. The zero-order chi connectivity index (χ0) is 8.81. The van der Waals surface area contributed by atoms with Crippen LogP contribution in [-0.2, 0) is 4.79 Å². The van der Waals surface area contributed by atoms with Gasteiger partial charge < -0.3 is 10.2 Å². The van der Waals surface area contributed by atoms with Gasteiger partial charge in [0.25, 0.3) is 0 Å². The Kier molecular flexibility index (Phi) is 4.25. The molecule has 0 bridgehead atoms. The standard InChI is InChI=1S/C9H17N2O/c1-2-11-6-5-10-9(8-11)4-3-7-12/h9-10H,2-6,8H2,1H3. The lowest BCUT2D eigenvalue weighted by atomic mass is 10.1. The Hall–Kier alpha value is -0.410. The molecule has 1 aliphatic heterocycles. The van der Waals surface area contributed by atoms with E-state index in [1.807, 2.05) is 6.29 Å². The normalized spacial score (nSPS) is 25.6. The van der Waals surface area contributed by atoms with Gasteiger partial charge in [-0.3, -0.25) is 4.79 Å². The number of carbonyl (C=O) groups excluding carboxylic acids is 1. The lowest BCUT2D eigenvalue weighted by molar-refractivity contribution is 0.204. The van der Waals surface area contributed by atoms with Gasteiger partial charge in [-0.05, 0) is 13.0 Å². The highest BCUT2D eigenvalue weighted by Gasteiger charge is 2.16. The van der Waals surface area contributed by atoms with Crippen LogP contribution in [-0.4, -0.2) is 43.4 Å². The van der Waals surface area contributed by atoms with Gasteiger partial charge in [0.1, 0.15) is 0 Å². The molecule has 0 aromatic carbocycles. The van der Waals surface area contributed by atoms with E-state index < -0.39 is 0 Å². The van der Waals surface area contributed by atoms with Gasteiger partial charge in [0.05, 0.1) is 0 Å². The molecule has 0 spiro atoms. The van der Waals surface area contributed by atoms with Gasteiger partial charge in [-0.2, -0.15) is 0 Å². The van der Waals surface area contributed by atoms with E-state index in [-0.39, 0.29) is 0 Å². The van der Waals surface area contributed by atoms with Crippen LogP contribution in [0.5, 0.6) is 0 Å². The highest BCUT2D eigenvalue weighted by atomic mass is 16.1. The third-order valence-electron chi connectivity index (χ3n) is 2.38. The molecule has 1 rings (SSSR count). The van der Waals surface area contributed by atoms with Gasteiger partial charge in [-0.25, -0.2) is 0 Å². The van der Waals surface area contributed by atoms with Crippen LogP contribution >= 0.6 is 0 Å². The monoisotopic (exact) mass is 169 g/mol. The van der Waals surface area contributed by atoms with Crippen LogP contribution in [0.15, 0.2) is 0 Å². The van der Waals surface area contributed by atoms with Gasteiger partial charge in [-0.15, -0.1) is 0 Å². The van der Waals surface area contributed by atoms with Crippen LogP contribution in [0.4, 0.5) is 0 Å². The molecule has 0 amide bonds. The van der Waals surface area contributed by atoms with E-state index >= 15 is 0 Å². The Balaban J connectivity index is 2.20. The number of piperazine rings is 1. The maximum absolute atomic E-state index is 10.0. The Labute approximate surface area is 74.1 Å². The van der Waals surface area contributed by atoms with E-state index in [1.165, 1.54) is 0 Å². The van der Waals surface area contributed by atoms with Crippen molar-refractivity contribution in [1.82, 2.24) is 10.2 Å². The Bertz CT molecular complexity index is 138. The quantitative estimate of drug-likeness (QED) is 0.651. The molecule has 1 saturated heterocycles. The smallest absolute Gasteiger partial charge is 0.198 e. The first-order valence-electron chi connectivity index (χ1n) is 4.67. The summed E-state index contributed by atoms with van der Waals surface area (Å²) in [6.45, 7) is 6.56. The molecule has 0 aromatic heterocycles. The lowest BCUT2D eigenvalue weighted by Gasteiger charge is -2.32. The summed E-state index contributed by atoms with van der Waals surface area (Å²) < 4.78 is 0. The Morgan fingerprint density at radius 3 is 3.17 bits per heavy atom. The molecule has 12 heavy (non-hydrogen) atoms. The average molecular weight is 169 g/mol. The van der Waals surface area contributed by atoms with E-state index in [9.17, 15) is 4.79 Å². The van der Waals surface area contributed by atoms with Gasteiger partial charge in [0.2, 0.25) is 0 Å². The van der Waals surface area contributed by atoms with Gasteiger partial charge in [-0.1, -0.05) is 6.92 Å². The highest BCUT2D eigenvalue weighted by molar-refractivity contribution is 5.50. The van der Waals surface area contributed by atoms with Crippen LogP contribution in [0.1, 0.15) is 19.8 Å². The van der Waals surface area contributed by atoms with Crippen LogP contribution in [0.2, 0.25) is 0 Å². The predicted octanol–water partition coefficient (Wildman–Crippen LogP) is 0.170. The van der Waals surface area contributed by atoms with Gasteiger partial charge >= 0.3 is 0 Å². The molecule has 1 heterocycles. The average Bonchev–Trinajstić information content (AvgIpc) is 2.15. The van der Waals surface area contributed by atoms with Crippen molar-refractivity contribution in [3.8, 4) is 0 Å². The molecule has 3 nitrogen and oxygen atoms in total. The zero-order valence-electron chi connectivity index (χ0n) is 7.68. The molecule has 69 valence electrons. The van der Waals surface area contributed by atoms with E-state index in [1.54, 1.807) is 0 Å². The van der Waals surface area contributed by atoms with Crippen LogP contribution < -0.4 is 5.32 Å². The second kappa shape index (κ2) is 5.27. The summed E-state index contributed by atoms with van der Waals surface area (Å²) in [6.07, 6.45) is 3.43. The molecular formula is C9H17N2O. The van der Waals surface area contributed by atoms with Crippen molar-refractivity contribution >= 4 is 6.29 Å². The third kappa shape index (κ3) is 2.91. The predicted molar refractivity (Wildman–Crippen MR) is 48.8 cm³/mol. The molecule has 0 aromatic rings. The molecule has 1 aliphatic rings. The minimum atomic E-state index is 0.500. The minimum absolute atomic E-state index is 0.500. The topological polar surface area (TPSA) is 32.3 Å². The molecule has 1 fully saturated rings. The van der Waals surface area contributed by atoms with Crippen LogP contribution in [0.25, 0.3) is 0 Å². The molecule has 1 atom stereocenters. The summed E-state index contributed by atoms with van der Waals surface area (Å²) in [7, 11) is 0. The van der Waals surface area contributed by atoms with Crippen molar-refractivity contribution in [2.75, 3.05) is 26.2 Å². The number of nitrogens with one attached hydrogen (secondary N) is 1. The van der Waals surface area contributed by atoms with Gasteiger partial charge in [0.15, 0.2) is 6.29 Å². The minimum Gasteiger partial charge on any atom is -0.311 e. The maximum atomic E-state index is 10.0. The molecule has 1 radical (unpaired) electrons. The Morgan fingerprint density at radius 2 is 2.50 bits per heavy atom. The first-order chi connectivity index (χ1) is 5.86. The van der Waals surface area contributed by atoms with Gasteiger partial charge in [0, 0.05) is 32.1 Å². The van der Waals surface area contributed by atoms with Crippen molar-refractivity contribution in [1.29, 1.82) is 0 Å². The largest absolute Gasteiger partial charge is 0.311 e. The summed E-state index contributed by atoms with van der Waals surface area (Å²) in [4.78, 5) is 12.4. The van der Waals surface area contributed by atoms with Crippen LogP contribution in [0.3, 0.4) is 0 Å². The van der Waals surface area contributed by atoms with E-state index in [0.29, 0.717) is 12.5 Å². The van der Waals surface area contributed by atoms with E-state index in [0.717, 1.165) is 32.6 Å². The molecule has 3 heteroatoms. The van der Waals surface area contributed by atoms with Crippen molar-refractivity contribution in [2.45, 2.75) is 25.8 Å². The summed E-state index contributed by atoms with van der Waals surface area (Å²) >= 11 is 0. The van der Waals surface area contributed by atoms with Crippen molar-refractivity contribution in [2.24, 2.45) is 0 Å². The first-order valence-corrected chi connectivity index (χ1v) is 4.67. The number of hydrogen-bond donors (Lipinski definition) is 1. The van der Waals surface area contributed by atoms with E-state index in [2.05, 4.69) is 17.1 Å². The SMILES string of the molecule is CCN1CCNC(CC[C]=O)C1. The number of likely N-dealkylation sites (N-methyl/N-ethyl adjacent to an activating group) is 1. The first kappa shape index (κ1) is 9.68. The van der Waals surface area contributed by atoms with Crippen LogP contribution in [0, 0.1) is 0 Å². The summed E-state index contributed by atoms with van der Waals surface area (Å²) in [5.74, 6) is 0. The van der Waals surface area contributed by atoms with Crippen molar-refractivity contribution in [3.05, 3.63) is 0 Å². The van der Waals surface area contributed by atoms with Crippen molar-refractivity contribution in [3.63, 3.8) is 0 Å². The molecule has 0 saturated carbocycles. The highest BCUT2D eigenvalue weighted by Crippen LogP contribution is 2.03. The summed E-state index contributed by atoms with van der Waals surface area (Å²) in [5.41, 5.74) is 0. The maximum Gasteiger partial charge on any atom is 0.198 e. The third-order valence-corrected chi connectivity index (χ3v) is 2.38. The van der Waals surface area contributed by atoms with Crippen molar-refractivity contribution < 1.29 is 4.79 Å². The fraction of sp³-hybridized carbons (Fsp3) is 0.889. The fourth-order valence-corrected chi connectivity index (χ4v) is 1.61. The molecular weight excluding hydrogens is 152 g/mol. The summed E-state index contributed by atoms with van der Waals surface area (Å²) in [5, 5.41) is 3.40. The molecule has 0 aliphatic carbocycles. The second-order valence-corrected chi connectivity index (χ2v) is 3.23. The second-order valence-electron chi connectivity index (χ2n) is 3.23. The van der Waals surface area contributed by atoms with E-state index in [4.69, 9.17) is 0 Å². The lowest BCUT2D eigenvalue weighted by Crippen LogP contribution is -2.50. The Morgan fingerprint density at radius 1 is 1.67 bits per heavy atom.